The summed E-state index contributed by atoms with van der Waals surface area (Å²) in [6.07, 6.45) is 4.32. The standard InChI is InChI=1S/C23H18N4O3/c1-15-8-10-17(11-9-15)27-22(29)19-7-3-2-6-18(19)20(23(27)30)14-25-26-21(28)16-5-4-12-24-13-16/h2-14,30H,1H3,(H,26,28). The Bertz CT molecular complexity index is 1310. The summed E-state index contributed by atoms with van der Waals surface area (Å²) in [5.74, 6) is -0.697. The van der Waals surface area contributed by atoms with Crippen LogP contribution in [0.2, 0.25) is 0 Å². The Morgan fingerprint density at radius 1 is 1.07 bits per heavy atom. The highest BCUT2D eigenvalue weighted by Crippen LogP contribution is 2.25. The number of aryl methyl sites for hydroxylation is 1. The van der Waals surface area contributed by atoms with Gasteiger partial charge in [0, 0.05) is 23.2 Å². The largest absolute Gasteiger partial charge is 0.494 e. The van der Waals surface area contributed by atoms with E-state index in [4.69, 9.17) is 0 Å². The molecular weight excluding hydrogens is 380 g/mol. The van der Waals surface area contributed by atoms with Crippen molar-refractivity contribution in [2.24, 2.45) is 5.10 Å². The van der Waals surface area contributed by atoms with Gasteiger partial charge in [0.15, 0.2) is 0 Å². The van der Waals surface area contributed by atoms with E-state index in [1.807, 2.05) is 19.1 Å². The van der Waals surface area contributed by atoms with Crippen LogP contribution in [0.3, 0.4) is 0 Å². The topological polar surface area (TPSA) is 96.6 Å². The van der Waals surface area contributed by atoms with Crippen molar-refractivity contribution in [1.29, 1.82) is 0 Å². The van der Waals surface area contributed by atoms with Crippen LogP contribution < -0.4 is 11.0 Å². The molecule has 30 heavy (non-hydrogen) atoms. The molecular formula is C23H18N4O3. The van der Waals surface area contributed by atoms with Gasteiger partial charge in [0.1, 0.15) is 0 Å². The molecule has 0 aliphatic carbocycles. The van der Waals surface area contributed by atoms with Gasteiger partial charge in [0.2, 0.25) is 5.88 Å². The van der Waals surface area contributed by atoms with E-state index in [-0.39, 0.29) is 11.4 Å². The van der Waals surface area contributed by atoms with Gasteiger partial charge in [-0.1, -0.05) is 35.9 Å². The van der Waals surface area contributed by atoms with E-state index in [1.165, 1.54) is 17.0 Å². The average molecular weight is 398 g/mol. The SMILES string of the molecule is Cc1ccc(-n2c(O)c(C=NNC(=O)c3cccnc3)c3ccccc3c2=O)cc1. The molecule has 2 heterocycles. The Kier molecular flexibility index (Phi) is 5.09. The van der Waals surface area contributed by atoms with Gasteiger partial charge < -0.3 is 5.11 Å². The zero-order valence-electron chi connectivity index (χ0n) is 16.1. The molecule has 1 amide bonds. The van der Waals surface area contributed by atoms with E-state index in [0.717, 1.165) is 5.56 Å². The number of hydrogen-bond acceptors (Lipinski definition) is 5. The summed E-state index contributed by atoms with van der Waals surface area (Å²) in [7, 11) is 0. The van der Waals surface area contributed by atoms with Gasteiger partial charge in [-0.3, -0.25) is 14.6 Å². The number of benzene rings is 2. The fourth-order valence-corrected chi connectivity index (χ4v) is 3.14. The second-order valence-corrected chi connectivity index (χ2v) is 6.70. The molecule has 148 valence electrons. The molecule has 4 rings (SSSR count). The number of carbonyl (C=O) groups is 1. The van der Waals surface area contributed by atoms with Crippen LogP contribution in [-0.2, 0) is 0 Å². The number of amides is 1. The van der Waals surface area contributed by atoms with Gasteiger partial charge in [0.25, 0.3) is 11.5 Å². The number of nitrogens with zero attached hydrogens (tertiary/aromatic N) is 3. The first-order chi connectivity index (χ1) is 14.6. The predicted molar refractivity (Wildman–Crippen MR) is 115 cm³/mol. The van der Waals surface area contributed by atoms with Crippen LogP contribution in [0.15, 0.2) is 83.0 Å². The van der Waals surface area contributed by atoms with Gasteiger partial charge in [-0.25, -0.2) is 9.99 Å². The van der Waals surface area contributed by atoms with Gasteiger partial charge in [-0.05, 0) is 37.3 Å². The molecule has 0 saturated carbocycles. The van der Waals surface area contributed by atoms with E-state index in [9.17, 15) is 14.7 Å². The second kappa shape index (κ2) is 8.00. The third-order valence-electron chi connectivity index (χ3n) is 4.68. The summed E-state index contributed by atoms with van der Waals surface area (Å²) in [6.45, 7) is 1.94. The summed E-state index contributed by atoms with van der Waals surface area (Å²) >= 11 is 0. The van der Waals surface area contributed by atoms with Crippen LogP contribution in [0.25, 0.3) is 16.5 Å². The first kappa shape index (κ1) is 19.1. The summed E-state index contributed by atoms with van der Waals surface area (Å²) in [4.78, 5) is 29.1. The molecule has 2 N–H and O–H groups in total. The average Bonchev–Trinajstić information content (AvgIpc) is 2.78. The molecule has 2 aromatic heterocycles. The quantitative estimate of drug-likeness (QED) is 0.408. The molecule has 0 saturated heterocycles. The van der Waals surface area contributed by atoms with E-state index < -0.39 is 5.91 Å². The second-order valence-electron chi connectivity index (χ2n) is 6.70. The summed E-state index contributed by atoms with van der Waals surface area (Å²) in [5.41, 5.74) is 4.31. The molecule has 4 aromatic rings. The van der Waals surface area contributed by atoms with Crippen molar-refractivity contribution in [3.8, 4) is 11.6 Å². The van der Waals surface area contributed by atoms with Crippen molar-refractivity contribution in [1.82, 2.24) is 15.0 Å². The summed E-state index contributed by atoms with van der Waals surface area (Å²) < 4.78 is 1.23. The van der Waals surface area contributed by atoms with Crippen molar-refractivity contribution in [3.63, 3.8) is 0 Å². The molecule has 0 spiro atoms. The number of hydrazone groups is 1. The highest BCUT2D eigenvalue weighted by molar-refractivity contribution is 6.02. The Labute approximate surface area is 172 Å². The smallest absolute Gasteiger partial charge is 0.272 e. The molecule has 0 aliphatic heterocycles. The van der Waals surface area contributed by atoms with Crippen molar-refractivity contribution >= 4 is 22.9 Å². The molecule has 0 radical (unpaired) electrons. The Hall–Kier alpha value is -4.26. The van der Waals surface area contributed by atoms with Crippen LogP contribution in [0.1, 0.15) is 21.5 Å². The Morgan fingerprint density at radius 3 is 2.50 bits per heavy atom. The Balaban J connectivity index is 1.80. The number of pyridine rings is 2. The normalized spacial score (nSPS) is 11.1. The molecule has 0 bridgehead atoms. The lowest BCUT2D eigenvalue weighted by Crippen LogP contribution is -2.21. The first-order valence-corrected chi connectivity index (χ1v) is 9.23. The van der Waals surface area contributed by atoms with Crippen LogP contribution in [-0.4, -0.2) is 26.8 Å². The summed E-state index contributed by atoms with van der Waals surface area (Å²) in [6, 6.07) is 17.4. The summed E-state index contributed by atoms with van der Waals surface area (Å²) in [5, 5.41) is 15.9. The molecule has 0 atom stereocenters. The lowest BCUT2D eigenvalue weighted by atomic mass is 10.1. The minimum absolute atomic E-state index is 0.262. The maximum Gasteiger partial charge on any atom is 0.272 e. The monoisotopic (exact) mass is 398 g/mol. The number of nitrogens with one attached hydrogen (secondary N) is 1. The third-order valence-corrected chi connectivity index (χ3v) is 4.68. The van der Waals surface area contributed by atoms with Crippen molar-refractivity contribution < 1.29 is 9.90 Å². The fourth-order valence-electron chi connectivity index (χ4n) is 3.14. The van der Waals surface area contributed by atoms with Gasteiger partial charge in [-0.15, -0.1) is 0 Å². The van der Waals surface area contributed by atoms with E-state index in [0.29, 0.717) is 27.6 Å². The molecule has 7 nitrogen and oxygen atoms in total. The molecule has 7 heteroatoms. The number of rotatable bonds is 4. The van der Waals surface area contributed by atoms with E-state index in [2.05, 4.69) is 15.5 Å². The van der Waals surface area contributed by atoms with Gasteiger partial charge in [-0.2, -0.15) is 5.10 Å². The molecule has 0 aliphatic rings. The molecule has 0 fully saturated rings. The fraction of sp³-hybridized carbons (Fsp3) is 0.0435. The highest BCUT2D eigenvalue weighted by atomic mass is 16.3. The van der Waals surface area contributed by atoms with Crippen molar-refractivity contribution in [2.75, 3.05) is 0 Å². The van der Waals surface area contributed by atoms with Gasteiger partial charge >= 0.3 is 0 Å². The predicted octanol–water partition coefficient (Wildman–Crippen LogP) is 3.16. The minimum atomic E-state index is -0.435. The molecule has 2 aromatic carbocycles. The number of carbonyl (C=O) groups excluding carboxylic acids is 1. The van der Waals surface area contributed by atoms with Crippen molar-refractivity contribution in [2.45, 2.75) is 6.92 Å². The first-order valence-electron chi connectivity index (χ1n) is 9.23. The lowest BCUT2D eigenvalue weighted by molar-refractivity contribution is 0.0954. The van der Waals surface area contributed by atoms with Crippen LogP contribution in [0, 0.1) is 6.92 Å². The zero-order chi connectivity index (χ0) is 21.1. The lowest BCUT2D eigenvalue weighted by Gasteiger charge is -2.13. The maximum absolute atomic E-state index is 13.0. The Morgan fingerprint density at radius 2 is 1.80 bits per heavy atom. The zero-order valence-corrected chi connectivity index (χ0v) is 16.1. The molecule has 0 unspecified atom stereocenters. The van der Waals surface area contributed by atoms with Crippen molar-refractivity contribution in [3.05, 3.63) is 100 Å². The number of aromatic hydroxyl groups is 1. The number of fused-ring (bicyclic) bond motifs is 1. The number of aromatic nitrogens is 2. The van der Waals surface area contributed by atoms with Crippen LogP contribution in [0.5, 0.6) is 5.88 Å². The van der Waals surface area contributed by atoms with Crippen LogP contribution in [0.4, 0.5) is 0 Å². The number of hydrogen-bond donors (Lipinski definition) is 2. The van der Waals surface area contributed by atoms with Gasteiger partial charge in [0.05, 0.1) is 23.0 Å². The maximum atomic E-state index is 13.0. The van der Waals surface area contributed by atoms with E-state index >= 15 is 0 Å². The highest BCUT2D eigenvalue weighted by Gasteiger charge is 2.16. The van der Waals surface area contributed by atoms with E-state index in [1.54, 1.807) is 54.7 Å². The minimum Gasteiger partial charge on any atom is -0.494 e. The van der Waals surface area contributed by atoms with Crippen LogP contribution >= 0.6 is 0 Å². The third kappa shape index (κ3) is 3.56.